The van der Waals surface area contributed by atoms with Crippen molar-refractivity contribution in [1.29, 1.82) is 0 Å². The van der Waals surface area contributed by atoms with E-state index in [4.69, 9.17) is 16.7 Å². The van der Waals surface area contributed by atoms with Crippen molar-refractivity contribution in [2.75, 3.05) is 5.33 Å². The predicted molar refractivity (Wildman–Crippen MR) is 67.6 cm³/mol. The SMILES string of the molecule is O=C(O)Cc1ccc(C(O)C(O)CBr)cc1Cl. The first-order chi connectivity index (χ1) is 7.95. The fraction of sp³-hybridized carbons (Fsp3) is 0.364. The molecule has 2 unspecified atom stereocenters. The Bertz CT molecular complexity index is 410. The van der Waals surface area contributed by atoms with Gasteiger partial charge >= 0.3 is 5.97 Å². The van der Waals surface area contributed by atoms with E-state index >= 15 is 0 Å². The van der Waals surface area contributed by atoms with Crippen LogP contribution in [0.2, 0.25) is 5.02 Å². The quantitative estimate of drug-likeness (QED) is 0.722. The summed E-state index contributed by atoms with van der Waals surface area (Å²) in [5.41, 5.74) is 0.930. The first-order valence-electron chi connectivity index (χ1n) is 4.88. The molecule has 0 aromatic heterocycles. The second-order valence-corrected chi connectivity index (χ2v) is 4.64. The summed E-state index contributed by atoms with van der Waals surface area (Å²) in [5, 5.41) is 28.3. The topological polar surface area (TPSA) is 77.8 Å². The molecule has 2 atom stereocenters. The number of carbonyl (C=O) groups is 1. The van der Waals surface area contributed by atoms with Crippen molar-refractivity contribution in [3.05, 3.63) is 34.3 Å². The predicted octanol–water partition coefficient (Wildman–Crippen LogP) is 1.76. The molecule has 0 amide bonds. The van der Waals surface area contributed by atoms with Crippen molar-refractivity contribution in [1.82, 2.24) is 0 Å². The molecule has 0 heterocycles. The minimum atomic E-state index is -1.05. The van der Waals surface area contributed by atoms with Gasteiger partial charge in [-0.25, -0.2) is 0 Å². The molecule has 1 rings (SSSR count). The highest BCUT2D eigenvalue weighted by atomic mass is 79.9. The van der Waals surface area contributed by atoms with Gasteiger partial charge < -0.3 is 15.3 Å². The number of benzene rings is 1. The van der Waals surface area contributed by atoms with Crippen molar-refractivity contribution in [2.45, 2.75) is 18.6 Å². The van der Waals surface area contributed by atoms with E-state index in [1.165, 1.54) is 12.1 Å². The average molecular weight is 324 g/mol. The highest BCUT2D eigenvalue weighted by molar-refractivity contribution is 9.09. The van der Waals surface area contributed by atoms with E-state index in [0.717, 1.165) is 0 Å². The van der Waals surface area contributed by atoms with E-state index in [1.807, 2.05) is 0 Å². The molecule has 1 aromatic rings. The molecule has 0 fully saturated rings. The molecule has 4 nitrogen and oxygen atoms in total. The van der Waals surface area contributed by atoms with Gasteiger partial charge in [0.25, 0.3) is 0 Å². The number of carboxylic acid groups (broad SMARTS) is 1. The van der Waals surface area contributed by atoms with E-state index in [9.17, 15) is 15.0 Å². The van der Waals surface area contributed by atoms with E-state index in [2.05, 4.69) is 15.9 Å². The Morgan fingerprint density at radius 1 is 1.41 bits per heavy atom. The Hall–Kier alpha value is -0.620. The van der Waals surface area contributed by atoms with Gasteiger partial charge in [0.1, 0.15) is 6.10 Å². The van der Waals surface area contributed by atoms with Gasteiger partial charge in [0.15, 0.2) is 0 Å². The second kappa shape index (κ2) is 6.35. The Balaban J connectivity index is 2.92. The van der Waals surface area contributed by atoms with Gasteiger partial charge in [-0.05, 0) is 17.2 Å². The third-order valence-electron chi connectivity index (χ3n) is 2.28. The highest BCUT2D eigenvalue weighted by Gasteiger charge is 2.18. The zero-order valence-electron chi connectivity index (χ0n) is 8.81. The van der Waals surface area contributed by atoms with Crippen LogP contribution in [0.1, 0.15) is 17.2 Å². The lowest BCUT2D eigenvalue weighted by atomic mass is 10.0. The van der Waals surface area contributed by atoms with Crippen LogP contribution in [0.15, 0.2) is 18.2 Å². The van der Waals surface area contributed by atoms with E-state index in [0.29, 0.717) is 11.1 Å². The fourth-order valence-electron chi connectivity index (χ4n) is 1.36. The third kappa shape index (κ3) is 3.96. The second-order valence-electron chi connectivity index (χ2n) is 3.59. The van der Waals surface area contributed by atoms with Crippen molar-refractivity contribution < 1.29 is 20.1 Å². The van der Waals surface area contributed by atoms with E-state index in [1.54, 1.807) is 6.07 Å². The van der Waals surface area contributed by atoms with Gasteiger partial charge in [-0.15, -0.1) is 0 Å². The van der Waals surface area contributed by atoms with Gasteiger partial charge in [-0.2, -0.15) is 0 Å². The number of hydrogen-bond donors (Lipinski definition) is 3. The van der Waals surface area contributed by atoms with Gasteiger partial charge in [-0.3, -0.25) is 4.79 Å². The summed E-state index contributed by atoms with van der Waals surface area (Å²) in [4.78, 5) is 10.5. The molecule has 0 aliphatic heterocycles. The number of carboxylic acids is 1. The molecule has 0 radical (unpaired) electrons. The Morgan fingerprint density at radius 3 is 2.53 bits per heavy atom. The van der Waals surface area contributed by atoms with Gasteiger partial charge in [0.05, 0.1) is 12.5 Å². The van der Waals surface area contributed by atoms with E-state index in [-0.39, 0.29) is 16.8 Å². The smallest absolute Gasteiger partial charge is 0.307 e. The molecule has 0 bridgehead atoms. The summed E-state index contributed by atoms with van der Waals surface area (Å²) < 4.78 is 0. The van der Waals surface area contributed by atoms with Crippen LogP contribution in [-0.4, -0.2) is 32.7 Å². The Kier molecular flexibility index (Phi) is 5.39. The standard InChI is InChI=1S/C11H12BrClO4/c12-5-9(14)11(17)7-2-1-6(4-10(15)16)8(13)3-7/h1-3,9,11,14,17H,4-5H2,(H,15,16). The number of halogens is 2. The molecular weight excluding hydrogens is 311 g/mol. The van der Waals surface area contributed by atoms with Crippen LogP contribution >= 0.6 is 27.5 Å². The molecule has 0 aliphatic rings. The van der Waals surface area contributed by atoms with Crippen molar-refractivity contribution in [3.8, 4) is 0 Å². The van der Waals surface area contributed by atoms with Gasteiger partial charge in [0.2, 0.25) is 0 Å². The number of aliphatic carboxylic acids is 1. The van der Waals surface area contributed by atoms with Crippen LogP contribution in [-0.2, 0) is 11.2 Å². The number of hydrogen-bond acceptors (Lipinski definition) is 3. The number of aliphatic hydroxyl groups excluding tert-OH is 2. The summed E-state index contributed by atoms with van der Waals surface area (Å²) >= 11 is 8.96. The molecule has 0 aliphatic carbocycles. The van der Waals surface area contributed by atoms with Crippen molar-refractivity contribution >= 4 is 33.5 Å². The highest BCUT2D eigenvalue weighted by Crippen LogP contribution is 2.24. The molecule has 17 heavy (non-hydrogen) atoms. The summed E-state index contributed by atoms with van der Waals surface area (Å²) in [5.74, 6) is -0.972. The van der Waals surface area contributed by atoms with Crippen molar-refractivity contribution in [2.24, 2.45) is 0 Å². The van der Waals surface area contributed by atoms with Gasteiger partial charge in [0, 0.05) is 10.4 Å². The van der Waals surface area contributed by atoms with Crippen LogP contribution in [0.3, 0.4) is 0 Å². The zero-order valence-corrected chi connectivity index (χ0v) is 11.1. The Labute approximate surface area is 112 Å². The first kappa shape index (κ1) is 14.4. The first-order valence-corrected chi connectivity index (χ1v) is 6.38. The molecule has 3 N–H and O–H groups in total. The number of aliphatic hydroxyl groups is 2. The zero-order chi connectivity index (χ0) is 13.0. The van der Waals surface area contributed by atoms with Crippen LogP contribution in [0.5, 0.6) is 0 Å². The maximum Gasteiger partial charge on any atom is 0.307 e. The molecular formula is C11H12BrClO4. The third-order valence-corrected chi connectivity index (χ3v) is 3.30. The summed E-state index contributed by atoms with van der Waals surface area (Å²) in [7, 11) is 0. The lowest BCUT2D eigenvalue weighted by molar-refractivity contribution is -0.136. The molecule has 0 saturated carbocycles. The van der Waals surface area contributed by atoms with Crippen LogP contribution in [0, 0.1) is 0 Å². The number of alkyl halides is 1. The van der Waals surface area contributed by atoms with Crippen LogP contribution < -0.4 is 0 Å². The molecule has 6 heteroatoms. The average Bonchev–Trinajstić information content (AvgIpc) is 2.29. The van der Waals surface area contributed by atoms with Crippen LogP contribution in [0.4, 0.5) is 0 Å². The fourth-order valence-corrected chi connectivity index (χ4v) is 1.97. The molecule has 0 spiro atoms. The summed E-state index contributed by atoms with van der Waals surface area (Å²) in [6.45, 7) is 0. The molecule has 1 aromatic carbocycles. The monoisotopic (exact) mass is 322 g/mol. The Morgan fingerprint density at radius 2 is 2.06 bits per heavy atom. The minimum Gasteiger partial charge on any atom is -0.481 e. The largest absolute Gasteiger partial charge is 0.481 e. The summed E-state index contributed by atoms with van der Waals surface area (Å²) in [6.07, 6.45) is -2.15. The lowest BCUT2D eigenvalue weighted by Crippen LogP contribution is -2.19. The summed E-state index contributed by atoms with van der Waals surface area (Å²) in [6, 6.07) is 4.56. The van der Waals surface area contributed by atoms with Gasteiger partial charge in [-0.1, -0.05) is 39.7 Å². The van der Waals surface area contributed by atoms with Crippen molar-refractivity contribution in [3.63, 3.8) is 0 Å². The van der Waals surface area contributed by atoms with Crippen LogP contribution in [0.25, 0.3) is 0 Å². The lowest BCUT2D eigenvalue weighted by Gasteiger charge is -2.16. The molecule has 94 valence electrons. The normalized spacial score (nSPS) is 14.4. The number of rotatable bonds is 5. The van der Waals surface area contributed by atoms with E-state index < -0.39 is 18.2 Å². The maximum absolute atomic E-state index is 10.5. The maximum atomic E-state index is 10.5. The molecule has 0 saturated heterocycles. The minimum absolute atomic E-state index is 0.170.